The SMILES string of the molecule is Cc1ccc2c(ncn2PI)c1B(O)O. The van der Waals surface area contributed by atoms with Crippen molar-refractivity contribution in [2.45, 2.75) is 6.92 Å². The van der Waals surface area contributed by atoms with Gasteiger partial charge in [0.2, 0.25) is 0 Å². The van der Waals surface area contributed by atoms with Gasteiger partial charge in [-0.05, 0) is 40.6 Å². The van der Waals surface area contributed by atoms with Crippen LogP contribution >= 0.6 is 28.4 Å². The van der Waals surface area contributed by atoms with E-state index in [1.807, 2.05) is 23.4 Å². The normalized spacial score (nSPS) is 11.7. The summed E-state index contributed by atoms with van der Waals surface area (Å²) < 4.78 is 1.99. The van der Waals surface area contributed by atoms with Crippen molar-refractivity contribution in [2.24, 2.45) is 0 Å². The molecule has 0 amide bonds. The van der Waals surface area contributed by atoms with Gasteiger partial charge in [0.05, 0.1) is 17.4 Å². The summed E-state index contributed by atoms with van der Waals surface area (Å²) in [5, 5.41) is 18.6. The van der Waals surface area contributed by atoms with Crippen LogP contribution in [0.4, 0.5) is 0 Å². The van der Waals surface area contributed by atoms with Crippen LogP contribution in [0, 0.1) is 6.92 Å². The Bertz CT molecular complexity index is 503. The molecule has 7 heteroatoms. The molecular weight excluding hydrogens is 325 g/mol. The van der Waals surface area contributed by atoms with Crippen LogP contribution in [-0.4, -0.2) is 26.5 Å². The zero-order chi connectivity index (χ0) is 11.0. The highest BCUT2D eigenvalue weighted by Crippen LogP contribution is 2.28. The number of imidazole rings is 1. The number of rotatable bonds is 2. The van der Waals surface area contributed by atoms with Gasteiger partial charge in [-0.15, -0.1) is 0 Å². The van der Waals surface area contributed by atoms with Gasteiger partial charge in [0, 0.05) is 11.8 Å². The lowest BCUT2D eigenvalue weighted by molar-refractivity contribution is 0.426. The van der Waals surface area contributed by atoms with E-state index in [9.17, 15) is 10.0 Å². The number of hydrogen-bond donors (Lipinski definition) is 2. The van der Waals surface area contributed by atoms with Crippen molar-refractivity contribution >= 4 is 52.0 Å². The van der Waals surface area contributed by atoms with Crippen molar-refractivity contribution in [1.82, 2.24) is 9.32 Å². The van der Waals surface area contributed by atoms with E-state index >= 15 is 0 Å². The van der Waals surface area contributed by atoms with Gasteiger partial charge in [0.25, 0.3) is 0 Å². The molecule has 0 aliphatic heterocycles. The summed E-state index contributed by atoms with van der Waals surface area (Å²) in [6.07, 6.45) is 2.28. The van der Waals surface area contributed by atoms with Crippen molar-refractivity contribution in [3.63, 3.8) is 0 Å². The highest BCUT2D eigenvalue weighted by molar-refractivity contribution is 14.2. The van der Waals surface area contributed by atoms with E-state index in [0.717, 1.165) is 11.1 Å². The molecule has 0 spiro atoms. The highest BCUT2D eigenvalue weighted by atomic mass is 127. The van der Waals surface area contributed by atoms with Crippen molar-refractivity contribution in [2.75, 3.05) is 0 Å². The molecule has 2 rings (SSSR count). The van der Waals surface area contributed by atoms with Gasteiger partial charge in [-0.2, -0.15) is 0 Å². The standard InChI is InChI=1S/C8H9BIN2O2P/c1-5-2-3-6-8(7(5)9(13)14)11-4-12(6)15-10/h2-4,13-15H,1H3. The number of benzene rings is 1. The van der Waals surface area contributed by atoms with Crippen LogP contribution in [-0.2, 0) is 0 Å². The van der Waals surface area contributed by atoms with E-state index in [2.05, 4.69) is 27.0 Å². The Labute approximate surface area is 102 Å². The minimum absolute atomic E-state index is 0.501. The average Bonchev–Trinajstić information content (AvgIpc) is 2.59. The first kappa shape index (κ1) is 11.3. The zero-order valence-corrected chi connectivity index (χ0v) is 11.1. The fourth-order valence-electron chi connectivity index (χ4n) is 1.60. The summed E-state index contributed by atoms with van der Waals surface area (Å²) in [5.74, 6) is 0. The Morgan fingerprint density at radius 3 is 2.80 bits per heavy atom. The van der Waals surface area contributed by atoms with Gasteiger partial charge in [0.15, 0.2) is 0 Å². The van der Waals surface area contributed by atoms with E-state index in [1.54, 1.807) is 6.33 Å². The quantitative estimate of drug-likeness (QED) is 0.486. The monoisotopic (exact) mass is 334 g/mol. The second-order valence-electron chi connectivity index (χ2n) is 3.24. The number of hydrogen-bond acceptors (Lipinski definition) is 3. The molecule has 0 aliphatic carbocycles. The second kappa shape index (κ2) is 4.37. The van der Waals surface area contributed by atoms with Gasteiger partial charge in [-0.3, -0.25) is 0 Å². The lowest BCUT2D eigenvalue weighted by atomic mass is 9.76. The van der Waals surface area contributed by atoms with Crippen LogP contribution in [0.3, 0.4) is 0 Å². The molecule has 1 unspecified atom stereocenters. The summed E-state index contributed by atoms with van der Waals surface area (Å²) in [7, 11) is -1.46. The van der Waals surface area contributed by atoms with Gasteiger partial charge in [-0.1, -0.05) is 6.07 Å². The van der Waals surface area contributed by atoms with Crippen molar-refractivity contribution < 1.29 is 10.0 Å². The van der Waals surface area contributed by atoms with Gasteiger partial charge in [0.1, 0.15) is 0 Å². The molecule has 2 N–H and O–H groups in total. The molecule has 1 aromatic carbocycles. The lowest BCUT2D eigenvalue weighted by Crippen LogP contribution is -2.33. The first-order chi connectivity index (χ1) is 7.15. The molecule has 2 aromatic rings. The summed E-state index contributed by atoms with van der Waals surface area (Å²) in [6.45, 7) is 1.85. The molecule has 0 bridgehead atoms. The smallest absolute Gasteiger partial charge is 0.423 e. The third-order valence-corrected chi connectivity index (χ3v) is 4.42. The molecule has 0 saturated heterocycles. The molecule has 0 aliphatic rings. The van der Waals surface area contributed by atoms with Crippen LogP contribution in [0.25, 0.3) is 11.0 Å². The molecule has 0 saturated carbocycles. The molecule has 1 atom stereocenters. The summed E-state index contributed by atoms with van der Waals surface area (Å²) in [6, 6.07) is 3.83. The fourth-order valence-corrected chi connectivity index (χ4v) is 3.12. The predicted octanol–water partition coefficient (Wildman–Crippen LogP) is 0.816. The van der Waals surface area contributed by atoms with Crippen LogP contribution in [0.15, 0.2) is 18.5 Å². The zero-order valence-electron chi connectivity index (χ0n) is 7.98. The maximum atomic E-state index is 9.29. The minimum Gasteiger partial charge on any atom is -0.423 e. The molecule has 0 radical (unpaired) electrons. The first-order valence-corrected chi connectivity index (χ1v) is 8.40. The Balaban J connectivity index is 2.77. The maximum Gasteiger partial charge on any atom is 0.491 e. The summed E-state index contributed by atoms with van der Waals surface area (Å²) in [4.78, 5) is 4.22. The molecule has 1 heterocycles. The minimum atomic E-state index is -1.46. The third-order valence-electron chi connectivity index (χ3n) is 2.32. The average molecular weight is 334 g/mol. The van der Waals surface area contributed by atoms with Gasteiger partial charge >= 0.3 is 7.12 Å². The van der Waals surface area contributed by atoms with Crippen LogP contribution < -0.4 is 5.46 Å². The van der Waals surface area contributed by atoms with E-state index < -0.39 is 7.12 Å². The number of aromatic nitrogens is 2. The number of aryl methyl sites for hydroxylation is 1. The molecule has 78 valence electrons. The Morgan fingerprint density at radius 2 is 2.20 bits per heavy atom. The topological polar surface area (TPSA) is 58.3 Å². The number of nitrogens with zero attached hydrogens (tertiary/aromatic N) is 2. The van der Waals surface area contributed by atoms with E-state index in [-0.39, 0.29) is 0 Å². The molecule has 4 nitrogen and oxygen atoms in total. The predicted molar refractivity (Wildman–Crippen MR) is 72.0 cm³/mol. The molecule has 1 aromatic heterocycles. The third kappa shape index (κ3) is 1.91. The molecular formula is C8H9BIN2O2P. The molecule has 0 fully saturated rings. The number of halogens is 1. The Kier molecular flexibility index (Phi) is 3.30. The van der Waals surface area contributed by atoms with Crippen molar-refractivity contribution in [1.29, 1.82) is 0 Å². The lowest BCUT2D eigenvalue weighted by Gasteiger charge is -2.06. The van der Waals surface area contributed by atoms with Crippen LogP contribution in [0.2, 0.25) is 0 Å². The van der Waals surface area contributed by atoms with E-state index in [0.29, 0.717) is 17.4 Å². The van der Waals surface area contributed by atoms with Gasteiger partial charge in [-0.25, -0.2) is 4.98 Å². The van der Waals surface area contributed by atoms with Crippen LogP contribution in [0.5, 0.6) is 0 Å². The summed E-state index contributed by atoms with van der Waals surface area (Å²) in [5.41, 5.74) is 2.96. The van der Waals surface area contributed by atoms with Crippen LogP contribution in [0.1, 0.15) is 5.56 Å². The van der Waals surface area contributed by atoms with Gasteiger partial charge < -0.3 is 14.4 Å². The highest BCUT2D eigenvalue weighted by Gasteiger charge is 2.19. The van der Waals surface area contributed by atoms with E-state index in [1.165, 1.54) is 0 Å². The molecule has 15 heavy (non-hydrogen) atoms. The van der Waals surface area contributed by atoms with Crippen molar-refractivity contribution in [3.05, 3.63) is 24.0 Å². The second-order valence-corrected chi connectivity index (χ2v) is 5.33. The Hall–Kier alpha value is -0.165. The Morgan fingerprint density at radius 1 is 1.47 bits per heavy atom. The van der Waals surface area contributed by atoms with Crippen molar-refractivity contribution in [3.8, 4) is 0 Å². The maximum absolute atomic E-state index is 9.29. The summed E-state index contributed by atoms with van der Waals surface area (Å²) >= 11 is 2.26. The van der Waals surface area contributed by atoms with E-state index in [4.69, 9.17) is 0 Å². The fraction of sp³-hybridized carbons (Fsp3) is 0.125. The first-order valence-electron chi connectivity index (χ1n) is 4.34. The largest absolute Gasteiger partial charge is 0.491 e. The number of fused-ring (bicyclic) bond motifs is 1.